The fraction of sp³-hybridized carbons (Fsp3) is 0.300. The fourth-order valence-corrected chi connectivity index (χ4v) is 1.04. The van der Waals surface area contributed by atoms with Crippen molar-refractivity contribution in [3.63, 3.8) is 0 Å². The Morgan fingerprint density at radius 2 is 2.15 bits per heavy atom. The number of rotatable bonds is 4. The molecule has 0 aromatic heterocycles. The minimum absolute atomic E-state index is 0.298. The summed E-state index contributed by atoms with van der Waals surface area (Å²) in [5.41, 5.74) is 6.27. The van der Waals surface area contributed by atoms with Gasteiger partial charge in [-0.25, -0.2) is 0 Å². The highest BCUT2D eigenvalue weighted by molar-refractivity contribution is 5.95. The molecule has 0 fully saturated rings. The van der Waals surface area contributed by atoms with E-state index >= 15 is 0 Å². The molecule has 70 valence electrons. The predicted octanol–water partition coefficient (Wildman–Crippen LogP) is -0.0602. The maximum absolute atomic E-state index is 5.50. The Hall–Kier alpha value is -1.51. The first kappa shape index (κ1) is 9.58. The quantitative estimate of drug-likeness (QED) is 0.502. The molecule has 0 atom stereocenters. The Labute approximate surface area is 78.0 Å². The Bertz CT molecular complexity index is 297. The molecule has 0 saturated heterocycles. The first-order valence-electron chi connectivity index (χ1n) is 4.35. The molecule has 0 aliphatic heterocycles. The highest BCUT2D eigenvalue weighted by Crippen LogP contribution is 2.16. The van der Waals surface area contributed by atoms with E-state index in [2.05, 4.69) is 6.92 Å². The van der Waals surface area contributed by atoms with Crippen molar-refractivity contribution in [3.8, 4) is 5.75 Å². The summed E-state index contributed by atoms with van der Waals surface area (Å²) in [5.74, 6) is 1.05. The lowest BCUT2D eigenvalue weighted by atomic mass is 10.2. The average molecular weight is 179 g/mol. The molecule has 0 aliphatic rings. The van der Waals surface area contributed by atoms with E-state index in [9.17, 15) is 0 Å². The van der Waals surface area contributed by atoms with Gasteiger partial charge >= 0.3 is 0 Å². The number of benzene rings is 1. The van der Waals surface area contributed by atoms with E-state index in [1.54, 1.807) is 0 Å². The van der Waals surface area contributed by atoms with Crippen LogP contribution in [0.1, 0.15) is 18.9 Å². The third kappa shape index (κ3) is 2.47. The Kier molecular flexibility index (Phi) is 3.31. The number of hydrogen-bond acceptors (Lipinski definition) is 1. The van der Waals surface area contributed by atoms with Crippen molar-refractivity contribution in [1.82, 2.24) is 0 Å². The first-order chi connectivity index (χ1) is 6.25. The summed E-state index contributed by atoms with van der Waals surface area (Å²) in [5, 5.41) is 5.50. The number of para-hydroxylation sites is 1. The lowest BCUT2D eigenvalue weighted by Crippen LogP contribution is -2.46. The van der Waals surface area contributed by atoms with Crippen molar-refractivity contribution in [2.24, 2.45) is 5.73 Å². The molecule has 0 amide bonds. The number of hydrogen-bond donors (Lipinski definition) is 2. The van der Waals surface area contributed by atoms with Crippen LogP contribution in [0.5, 0.6) is 5.75 Å². The normalized spacial score (nSPS) is 9.62. The van der Waals surface area contributed by atoms with E-state index in [1.807, 2.05) is 24.3 Å². The largest absolute Gasteiger partial charge is 0.493 e. The van der Waals surface area contributed by atoms with E-state index in [0.717, 1.165) is 17.7 Å². The molecule has 0 unspecified atom stereocenters. The summed E-state index contributed by atoms with van der Waals surface area (Å²) in [6.07, 6.45) is 0.971. The topological polar surface area (TPSA) is 60.8 Å². The molecule has 0 bridgehead atoms. The summed E-state index contributed by atoms with van der Waals surface area (Å²) in [4.78, 5) is 0. The Morgan fingerprint density at radius 1 is 1.46 bits per heavy atom. The summed E-state index contributed by atoms with van der Waals surface area (Å²) < 4.78 is 5.47. The van der Waals surface area contributed by atoms with Crippen LogP contribution < -0.4 is 15.9 Å². The van der Waals surface area contributed by atoms with Gasteiger partial charge in [-0.2, -0.15) is 0 Å². The van der Waals surface area contributed by atoms with Crippen molar-refractivity contribution in [2.75, 3.05) is 6.61 Å². The second-order valence-corrected chi connectivity index (χ2v) is 2.80. The van der Waals surface area contributed by atoms with Gasteiger partial charge in [-0.05, 0) is 18.6 Å². The van der Waals surface area contributed by atoms with E-state index in [0.29, 0.717) is 12.4 Å². The van der Waals surface area contributed by atoms with Crippen LogP contribution in [-0.4, -0.2) is 12.4 Å². The van der Waals surface area contributed by atoms with Crippen molar-refractivity contribution in [2.45, 2.75) is 13.3 Å². The highest BCUT2D eigenvalue weighted by Gasteiger charge is 2.08. The second kappa shape index (κ2) is 4.50. The zero-order chi connectivity index (χ0) is 9.68. The molecular formula is C10H15N2O+. The zero-order valence-corrected chi connectivity index (χ0v) is 7.79. The third-order valence-electron chi connectivity index (χ3n) is 1.66. The first-order valence-corrected chi connectivity index (χ1v) is 4.35. The van der Waals surface area contributed by atoms with Gasteiger partial charge in [0.1, 0.15) is 11.3 Å². The average Bonchev–Trinajstić information content (AvgIpc) is 2.15. The maximum Gasteiger partial charge on any atom is 0.274 e. The third-order valence-corrected chi connectivity index (χ3v) is 1.66. The molecule has 1 aromatic carbocycles. The van der Waals surface area contributed by atoms with Gasteiger partial charge in [-0.3, -0.25) is 11.1 Å². The van der Waals surface area contributed by atoms with Crippen molar-refractivity contribution >= 4 is 5.84 Å². The van der Waals surface area contributed by atoms with Crippen LogP contribution >= 0.6 is 0 Å². The highest BCUT2D eigenvalue weighted by atomic mass is 16.5. The number of ether oxygens (including phenoxy) is 1. The van der Waals surface area contributed by atoms with Gasteiger partial charge in [0.2, 0.25) is 0 Å². The maximum atomic E-state index is 5.50. The molecule has 0 heterocycles. The molecule has 13 heavy (non-hydrogen) atoms. The molecule has 0 radical (unpaired) electrons. The van der Waals surface area contributed by atoms with Crippen LogP contribution in [0.4, 0.5) is 0 Å². The van der Waals surface area contributed by atoms with Gasteiger partial charge in [0, 0.05) is 0 Å². The minimum Gasteiger partial charge on any atom is -0.493 e. The lowest BCUT2D eigenvalue weighted by Gasteiger charge is -2.06. The predicted molar refractivity (Wildman–Crippen MR) is 52.4 cm³/mol. The molecule has 1 rings (SSSR count). The van der Waals surface area contributed by atoms with Crippen LogP contribution in [-0.2, 0) is 0 Å². The smallest absolute Gasteiger partial charge is 0.274 e. The fourth-order valence-electron chi connectivity index (χ4n) is 1.04. The van der Waals surface area contributed by atoms with Gasteiger partial charge in [0.05, 0.1) is 6.61 Å². The minimum atomic E-state index is 0.298. The second-order valence-electron chi connectivity index (χ2n) is 2.80. The van der Waals surface area contributed by atoms with Gasteiger partial charge in [-0.1, -0.05) is 19.1 Å². The van der Waals surface area contributed by atoms with E-state index in [1.165, 1.54) is 0 Å². The van der Waals surface area contributed by atoms with Gasteiger partial charge in [0.15, 0.2) is 0 Å². The summed E-state index contributed by atoms with van der Waals surface area (Å²) in [6.45, 7) is 2.74. The molecule has 0 aliphatic carbocycles. The molecular weight excluding hydrogens is 164 g/mol. The van der Waals surface area contributed by atoms with E-state index in [4.69, 9.17) is 15.9 Å². The van der Waals surface area contributed by atoms with Crippen LogP contribution in [0.15, 0.2) is 24.3 Å². The molecule has 1 aromatic rings. The Balaban J connectivity index is 2.84. The van der Waals surface area contributed by atoms with Crippen LogP contribution in [0.3, 0.4) is 0 Å². The van der Waals surface area contributed by atoms with E-state index < -0.39 is 0 Å². The number of nitrogens with two attached hydrogens (primary N) is 2. The zero-order valence-electron chi connectivity index (χ0n) is 7.79. The summed E-state index contributed by atoms with van der Waals surface area (Å²) in [6, 6.07) is 7.50. The van der Waals surface area contributed by atoms with Gasteiger partial charge in [0.25, 0.3) is 5.84 Å². The van der Waals surface area contributed by atoms with Crippen molar-refractivity contribution in [1.29, 1.82) is 0 Å². The number of amidine groups is 1. The van der Waals surface area contributed by atoms with Gasteiger partial charge < -0.3 is 4.74 Å². The van der Waals surface area contributed by atoms with Crippen LogP contribution in [0.25, 0.3) is 0 Å². The molecule has 0 spiro atoms. The summed E-state index contributed by atoms with van der Waals surface area (Å²) in [7, 11) is 0. The van der Waals surface area contributed by atoms with Crippen LogP contribution in [0.2, 0.25) is 0 Å². The van der Waals surface area contributed by atoms with Crippen molar-refractivity contribution < 1.29 is 10.1 Å². The molecule has 0 saturated carbocycles. The summed E-state index contributed by atoms with van der Waals surface area (Å²) >= 11 is 0. The lowest BCUT2D eigenvalue weighted by molar-refractivity contribution is -0.114. The standard InChI is InChI=1S/C10H14N2O/c1-2-7-13-9-6-4-3-5-8(9)10(11)12/h3-6H,2,7H2,1H3,(H3,11,12)/p+1. The van der Waals surface area contributed by atoms with Gasteiger partial charge in [-0.15, -0.1) is 0 Å². The SMILES string of the molecule is CCCOc1ccccc1C(N)=[NH2+]. The molecule has 3 heteroatoms. The monoisotopic (exact) mass is 179 g/mol. The Morgan fingerprint density at radius 3 is 2.77 bits per heavy atom. The van der Waals surface area contributed by atoms with Crippen LogP contribution in [0, 0.1) is 0 Å². The molecule has 4 N–H and O–H groups in total. The molecule has 3 nitrogen and oxygen atoms in total. The van der Waals surface area contributed by atoms with Crippen molar-refractivity contribution in [3.05, 3.63) is 29.8 Å². The van der Waals surface area contributed by atoms with E-state index in [-0.39, 0.29) is 0 Å².